The summed E-state index contributed by atoms with van der Waals surface area (Å²) in [6, 6.07) is 1.54. The monoisotopic (exact) mass is 307 g/mol. The number of piperidine rings is 1. The molecule has 116 valence electrons. The smallest absolute Gasteiger partial charge is 0.165 e. The van der Waals surface area contributed by atoms with Gasteiger partial charge in [-0.05, 0) is 38.0 Å². The molecule has 0 aromatic heterocycles. The first-order valence-electron chi connectivity index (χ1n) is 11.4. The van der Waals surface area contributed by atoms with E-state index in [9.17, 15) is 6.48 Å². The lowest BCUT2D eigenvalue weighted by Gasteiger charge is -2.56. The molecule has 2 unspecified atom stereocenters. The molecule has 4 heteroatoms. The molecule has 1 spiro atoms. The Hall–Kier alpha value is -1.52. The fourth-order valence-electron chi connectivity index (χ4n) is 4.74. The lowest BCUT2D eigenvalue weighted by Crippen LogP contribution is -2.64. The van der Waals surface area contributed by atoms with E-state index in [1.165, 1.54) is 17.0 Å². The van der Waals surface area contributed by atoms with E-state index in [2.05, 4.69) is 0 Å². The van der Waals surface area contributed by atoms with E-state index in [0.717, 1.165) is 0 Å². The van der Waals surface area contributed by atoms with Gasteiger partial charge in [0.2, 0.25) is 0 Å². The number of ether oxygens (including phenoxy) is 2. The zero-order valence-corrected chi connectivity index (χ0v) is 11.8. The first kappa shape index (κ1) is 7.37. The molecule has 4 nitrogen and oxygen atoms in total. The highest BCUT2D eigenvalue weighted by molar-refractivity contribution is 5.62. The summed E-state index contributed by atoms with van der Waals surface area (Å²) in [6.45, 7) is -2.42. The Morgan fingerprint density at radius 3 is 3.32 bits per heavy atom. The zero-order valence-electron chi connectivity index (χ0n) is 19.8. The number of rotatable bonds is 1. The van der Waals surface area contributed by atoms with Crippen LogP contribution in [0, 0.1) is 5.92 Å². The second-order valence-corrected chi connectivity index (χ2v) is 6.40. The van der Waals surface area contributed by atoms with Crippen LogP contribution in [0.5, 0.6) is 11.5 Å². The first-order valence-corrected chi connectivity index (χ1v) is 7.42. The third-order valence-electron chi connectivity index (χ3n) is 5.60. The Morgan fingerprint density at radius 2 is 2.45 bits per heavy atom. The predicted molar refractivity (Wildman–Crippen MR) is 82.5 cm³/mol. The van der Waals surface area contributed by atoms with Crippen molar-refractivity contribution in [2.45, 2.75) is 36.5 Å². The van der Waals surface area contributed by atoms with Crippen molar-refractivity contribution < 1.29 is 25.5 Å². The minimum atomic E-state index is -2.72. The van der Waals surface area contributed by atoms with Gasteiger partial charge in [-0.2, -0.15) is 0 Å². The topological polar surface area (TPSA) is 41.9 Å². The summed E-state index contributed by atoms with van der Waals surface area (Å²) in [5, 5.41) is 10.8. The summed E-state index contributed by atoms with van der Waals surface area (Å²) < 4.78 is 75.0. The number of methoxy groups -OCH3 is 1. The van der Waals surface area contributed by atoms with Crippen molar-refractivity contribution in [1.29, 1.82) is 0 Å². The molecule has 0 radical (unpaired) electrons. The van der Waals surface area contributed by atoms with Crippen LogP contribution >= 0.6 is 0 Å². The van der Waals surface area contributed by atoms with Gasteiger partial charge in [0, 0.05) is 28.4 Å². The molecule has 1 aromatic carbocycles. The lowest BCUT2D eigenvalue weighted by molar-refractivity contribution is -0.0453. The molecule has 1 N–H and O–H groups in total. The summed E-state index contributed by atoms with van der Waals surface area (Å²) in [5.41, 5.74) is 0.255. The number of nitrogens with zero attached hydrogens (tertiary/aromatic N) is 1. The van der Waals surface area contributed by atoms with E-state index in [1.807, 2.05) is 0 Å². The first-order chi connectivity index (χ1) is 13.7. The standard InChI is InChI=1S/C18H21NO3/c1-19-8-7-18-11-4-5-13(20)17(18)22-16-14(21-2)6-3-10(15(16)18)9-12(11)19/h3-6,11-13,17,20H,7-9H2,1-2H3/t11-,12+,13?,17?,18-/m0/s1/i1D3,2D3,12D,13D. The second-order valence-electron chi connectivity index (χ2n) is 6.40. The maximum Gasteiger partial charge on any atom is 0.165 e. The molecule has 2 bridgehead atoms. The number of benzene rings is 1. The average Bonchev–Trinajstić information content (AvgIpc) is 2.91. The van der Waals surface area contributed by atoms with Crippen LogP contribution < -0.4 is 9.47 Å². The van der Waals surface area contributed by atoms with E-state index in [1.54, 1.807) is 12.1 Å². The highest BCUT2D eigenvalue weighted by atomic mass is 16.5. The van der Waals surface area contributed by atoms with Gasteiger partial charge in [-0.1, -0.05) is 18.2 Å². The quantitative estimate of drug-likeness (QED) is 0.799. The maximum atomic E-state index is 10.8. The number of likely N-dealkylation sites (tertiary alicyclic amines) is 1. The van der Waals surface area contributed by atoms with Gasteiger partial charge in [0.05, 0.1) is 12.5 Å². The van der Waals surface area contributed by atoms with Crippen LogP contribution in [0.1, 0.15) is 28.5 Å². The van der Waals surface area contributed by atoms with Gasteiger partial charge in [0.25, 0.3) is 0 Å². The fraction of sp³-hybridized carbons (Fsp3) is 0.556. The van der Waals surface area contributed by atoms with Crippen molar-refractivity contribution in [2.75, 3.05) is 20.6 Å². The van der Waals surface area contributed by atoms with Crippen LogP contribution in [-0.2, 0) is 11.8 Å². The molecule has 0 amide bonds. The Balaban J connectivity index is 1.77. The molecule has 1 fully saturated rings. The van der Waals surface area contributed by atoms with Crippen molar-refractivity contribution in [3.63, 3.8) is 0 Å². The summed E-state index contributed by atoms with van der Waals surface area (Å²) in [6.07, 6.45) is -0.0975. The van der Waals surface area contributed by atoms with Gasteiger partial charge in [-0.25, -0.2) is 0 Å². The van der Waals surface area contributed by atoms with Crippen LogP contribution in [0.3, 0.4) is 0 Å². The van der Waals surface area contributed by atoms with Crippen molar-refractivity contribution in [3.8, 4) is 11.5 Å². The van der Waals surface area contributed by atoms with Gasteiger partial charge in [0.1, 0.15) is 12.2 Å². The molecule has 2 aliphatic carbocycles. The van der Waals surface area contributed by atoms with Crippen LogP contribution in [0.2, 0.25) is 0 Å². The van der Waals surface area contributed by atoms with Gasteiger partial charge in [-0.3, -0.25) is 0 Å². The average molecular weight is 307 g/mol. The van der Waals surface area contributed by atoms with Crippen molar-refractivity contribution in [3.05, 3.63) is 35.4 Å². The Labute approximate surface area is 141 Å². The molecular weight excluding hydrogens is 278 g/mol. The van der Waals surface area contributed by atoms with Crippen molar-refractivity contribution >= 4 is 0 Å². The molecule has 1 aromatic rings. The molecule has 2 heterocycles. The van der Waals surface area contributed by atoms with Crippen molar-refractivity contribution in [1.82, 2.24) is 4.90 Å². The number of likely N-dealkylation sites (N-methyl/N-ethyl adjacent to an activating group) is 1. The SMILES string of the molecule is [2H]C([2H])([2H])Oc1ccc2c3c1OC1C([2H])(O)C=C[C@@H]4[C@@]31CCN(C([2H])([2H])[2H])[C@]4([2H])C2. The molecule has 4 aliphatic rings. The Kier molecular flexibility index (Phi) is 1.36. The van der Waals surface area contributed by atoms with Gasteiger partial charge in [0.15, 0.2) is 11.5 Å². The minimum Gasteiger partial charge on any atom is -0.493 e. The van der Waals surface area contributed by atoms with Crippen molar-refractivity contribution in [2.24, 2.45) is 5.92 Å². The molecule has 1 saturated heterocycles. The molecule has 5 atom stereocenters. The number of hydrogen-bond donors (Lipinski definition) is 1. The third-order valence-corrected chi connectivity index (χ3v) is 5.60. The van der Waals surface area contributed by atoms with Crippen LogP contribution in [0.25, 0.3) is 0 Å². The van der Waals surface area contributed by atoms with Crippen LogP contribution in [-0.4, -0.2) is 48.8 Å². The molecular formula is C18H21NO3. The van der Waals surface area contributed by atoms with E-state index < -0.39 is 43.5 Å². The van der Waals surface area contributed by atoms with Crippen LogP contribution in [0.15, 0.2) is 24.3 Å². The zero-order chi connectivity index (χ0) is 21.9. The molecule has 5 rings (SSSR count). The van der Waals surface area contributed by atoms with Gasteiger partial charge < -0.3 is 19.5 Å². The fourth-order valence-corrected chi connectivity index (χ4v) is 4.74. The largest absolute Gasteiger partial charge is 0.493 e. The van der Waals surface area contributed by atoms with E-state index in [0.29, 0.717) is 11.1 Å². The number of hydrogen-bond acceptors (Lipinski definition) is 4. The summed E-state index contributed by atoms with van der Waals surface area (Å²) in [7, 11) is -2.72. The van der Waals surface area contributed by atoms with E-state index >= 15 is 0 Å². The Bertz CT molecular complexity index is 958. The van der Waals surface area contributed by atoms with Crippen LogP contribution in [0.4, 0.5) is 0 Å². The second kappa shape index (κ2) is 4.06. The minimum absolute atomic E-state index is 0.0113. The lowest BCUT2D eigenvalue weighted by atomic mass is 9.53. The molecule has 2 aliphatic heterocycles. The third kappa shape index (κ3) is 1.28. The summed E-state index contributed by atoms with van der Waals surface area (Å²) in [4.78, 5) is 1.21. The summed E-state index contributed by atoms with van der Waals surface area (Å²) >= 11 is 0. The normalized spacial score (nSPS) is 54.2. The molecule has 0 saturated carbocycles. The van der Waals surface area contributed by atoms with E-state index in [-0.39, 0.29) is 30.9 Å². The highest BCUT2D eigenvalue weighted by Crippen LogP contribution is 2.62. The predicted octanol–water partition coefficient (Wildman–Crippen LogP) is 1.50. The van der Waals surface area contributed by atoms with Gasteiger partial charge in [-0.15, -0.1) is 0 Å². The maximum absolute atomic E-state index is 10.8. The Morgan fingerprint density at radius 1 is 1.50 bits per heavy atom. The molecule has 22 heavy (non-hydrogen) atoms. The summed E-state index contributed by atoms with van der Waals surface area (Å²) in [5.74, 6) is -0.508. The van der Waals surface area contributed by atoms with E-state index in [4.69, 9.17) is 19.1 Å². The highest BCUT2D eigenvalue weighted by Gasteiger charge is 2.64. The number of aliphatic hydroxyl groups is 1. The van der Waals surface area contributed by atoms with Gasteiger partial charge >= 0.3 is 0 Å².